The van der Waals surface area contributed by atoms with Crippen LogP contribution < -0.4 is 15.8 Å². The van der Waals surface area contributed by atoms with Crippen LogP contribution in [0.25, 0.3) is 0 Å². The molecule has 0 saturated carbocycles. The molecule has 2 aromatic carbocycles. The van der Waals surface area contributed by atoms with E-state index in [-0.39, 0.29) is 30.2 Å². The Bertz CT molecular complexity index is 969. The van der Waals surface area contributed by atoms with Gasteiger partial charge in [0, 0.05) is 50.4 Å². The molecular weight excluding hydrogens is 419 g/mol. The summed E-state index contributed by atoms with van der Waals surface area (Å²) in [5.74, 6) is 0.550. The molecule has 0 aliphatic carbocycles. The second-order valence-corrected chi connectivity index (χ2v) is 9.36. The Morgan fingerprint density at radius 2 is 2.09 bits per heavy atom. The molecule has 2 aliphatic rings. The van der Waals surface area contributed by atoms with Crippen molar-refractivity contribution in [1.29, 1.82) is 0 Å². The second kappa shape index (κ2) is 10.6. The van der Waals surface area contributed by atoms with Gasteiger partial charge < -0.3 is 20.7 Å². The molecule has 1 amide bonds. The molecule has 3 N–H and O–H groups in total. The zero-order chi connectivity index (χ0) is 23.4. The molecule has 0 radical (unpaired) electrons. The number of carbonyl (C=O) groups is 1. The van der Waals surface area contributed by atoms with Gasteiger partial charge >= 0.3 is 0 Å². The van der Waals surface area contributed by atoms with Crippen LogP contribution in [0.4, 0.5) is 4.39 Å². The van der Waals surface area contributed by atoms with Crippen molar-refractivity contribution in [3.63, 3.8) is 0 Å². The number of nitrogens with two attached hydrogens (primary N) is 1. The van der Waals surface area contributed by atoms with Gasteiger partial charge in [0.15, 0.2) is 0 Å². The van der Waals surface area contributed by atoms with Crippen LogP contribution in [0.15, 0.2) is 42.5 Å². The van der Waals surface area contributed by atoms with Gasteiger partial charge in [0.05, 0.1) is 19.6 Å². The first-order valence-electron chi connectivity index (χ1n) is 11.8. The van der Waals surface area contributed by atoms with E-state index in [1.165, 1.54) is 12.1 Å². The summed E-state index contributed by atoms with van der Waals surface area (Å²) in [5.41, 5.74) is 9.05. The molecule has 178 valence electrons. The summed E-state index contributed by atoms with van der Waals surface area (Å²) in [6, 6.07) is 12.9. The lowest BCUT2D eigenvalue weighted by molar-refractivity contribution is -0.134. The minimum Gasteiger partial charge on any atom is -0.496 e. The van der Waals surface area contributed by atoms with Crippen LogP contribution >= 0.6 is 0 Å². The number of methoxy groups -OCH3 is 1. The van der Waals surface area contributed by atoms with E-state index in [0.29, 0.717) is 19.0 Å². The average Bonchev–Trinajstić information content (AvgIpc) is 2.80. The number of nitrogens with one attached hydrogen (secondary N) is 1. The van der Waals surface area contributed by atoms with Crippen LogP contribution in [0.1, 0.15) is 42.5 Å². The second-order valence-electron chi connectivity index (χ2n) is 9.36. The van der Waals surface area contributed by atoms with E-state index in [1.54, 1.807) is 13.2 Å². The van der Waals surface area contributed by atoms with Crippen molar-refractivity contribution in [2.24, 2.45) is 5.73 Å². The maximum atomic E-state index is 13.8. The normalized spacial score (nSPS) is 24.0. The number of likely N-dealkylation sites (tertiary alicyclic amines) is 1. The van der Waals surface area contributed by atoms with Crippen molar-refractivity contribution >= 4 is 5.91 Å². The maximum Gasteiger partial charge on any atom is 0.227 e. The summed E-state index contributed by atoms with van der Waals surface area (Å²) in [6.45, 7) is 6.60. The largest absolute Gasteiger partial charge is 0.496 e. The minimum atomic E-state index is -0.293. The molecule has 2 unspecified atom stereocenters. The number of halogens is 1. The number of ether oxygens (including phenoxy) is 1. The highest BCUT2D eigenvalue weighted by molar-refractivity contribution is 5.79. The third-order valence-electron chi connectivity index (χ3n) is 6.75. The number of benzene rings is 2. The number of hydrogen-bond donors (Lipinski definition) is 2. The summed E-state index contributed by atoms with van der Waals surface area (Å²) in [4.78, 5) is 17.6. The third-order valence-corrected chi connectivity index (χ3v) is 6.75. The predicted octanol–water partition coefficient (Wildman–Crippen LogP) is 2.86. The van der Waals surface area contributed by atoms with E-state index >= 15 is 0 Å². The highest BCUT2D eigenvalue weighted by atomic mass is 19.1. The quantitative estimate of drug-likeness (QED) is 0.703. The zero-order valence-electron chi connectivity index (χ0n) is 19.6. The fraction of sp³-hybridized carbons (Fsp3) is 0.500. The summed E-state index contributed by atoms with van der Waals surface area (Å²) in [5, 5.41) is 3.47. The van der Waals surface area contributed by atoms with E-state index in [9.17, 15) is 9.18 Å². The lowest BCUT2D eigenvalue weighted by atomic mass is 9.91. The van der Waals surface area contributed by atoms with Crippen molar-refractivity contribution in [3.05, 3.63) is 65.0 Å². The SMILES string of the molecule is COc1cc(CC(=O)N2CCC(N)CC2c2cccc(F)c2)ccc1CN1CCN[C@@H](C)C1. The van der Waals surface area contributed by atoms with Crippen LogP contribution in [-0.4, -0.2) is 61.1 Å². The van der Waals surface area contributed by atoms with Gasteiger partial charge in [-0.15, -0.1) is 0 Å². The molecule has 2 aliphatic heterocycles. The van der Waals surface area contributed by atoms with E-state index in [4.69, 9.17) is 10.5 Å². The third kappa shape index (κ3) is 5.91. The molecule has 2 aromatic rings. The zero-order valence-corrected chi connectivity index (χ0v) is 19.6. The number of nitrogens with zero attached hydrogens (tertiary/aromatic N) is 2. The topological polar surface area (TPSA) is 70.8 Å². The Labute approximate surface area is 195 Å². The van der Waals surface area contributed by atoms with Crippen molar-refractivity contribution in [3.8, 4) is 5.75 Å². The molecular formula is C26H35FN4O2. The average molecular weight is 455 g/mol. The van der Waals surface area contributed by atoms with Gasteiger partial charge in [0.2, 0.25) is 5.91 Å². The van der Waals surface area contributed by atoms with E-state index in [0.717, 1.165) is 55.0 Å². The van der Waals surface area contributed by atoms with Crippen molar-refractivity contribution in [2.75, 3.05) is 33.3 Å². The Kier molecular flexibility index (Phi) is 7.63. The number of piperidine rings is 1. The van der Waals surface area contributed by atoms with Crippen LogP contribution in [-0.2, 0) is 17.8 Å². The Hall–Kier alpha value is -2.48. The van der Waals surface area contributed by atoms with Crippen LogP contribution in [0.5, 0.6) is 5.75 Å². The van der Waals surface area contributed by atoms with Gasteiger partial charge in [0.1, 0.15) is 11.6 Å². The molecule has 7 heteroatoms. The molecule has 0 aromatic heterocycles. The van der Waals surface area contributed by atoms with Crippen LogP contribution in [0, 0.1) is 5.82 Å². The first kappa shape index (κ1) is 23.7. The lowest BCUT2D eigenvalue weighted by Gasteiger charge is -2.39. The Balaban J connectivity index is 1.47. The lowest BCUT2D eigenvalue weighted by Crippen LogP contribution is -2.48. The van der Waals surface area contributed by atoms with Gasteiger partial charge in [0.25, 0.3) is 0 Å². The number of rotatable bonds is 6. The highest BCUT2D eigenvalue weighted by Gasteiger charge is 2.31. The van der Waals surface area contributed by atoms with Crippen molar-refractivity contribution < 1.29 is 13.9 Å². The van der Waals surface area contributed by atoms with E-state index < -0.39 is 0 Å². The standard InChI is InChI=1S/C26H35FN4O2/c1-18-16-30(11-9-29-18)17-21-7-6-19(12-25(21)33-2)13-26(32)31-10-8-23(28)15-24(31)20-4-3-5-22(27)14-20/h3-7,12,14,18,23-24,29H,8-11,13,15-17,28H2,1-2H3/t18-,23?,24?/m0/s1. The molecule has 3 atom stereocenters. The predicted molar refractivity (Wildman–Crippen MR) is 128 cm³/mol. The molecule has 0 spiro atoms. The number of hydrogen-bond acceptors (Lipinski definition) is 5. The Morgan fingerprint density at radius 1 is 1.24 bits per heavy atom. The molecule has 33 heavy (non-hydrogen) atoms. The van der Waals surface area contributed by atoms with Crippen LogP contribution in [0.3, 0.4) is 0 Å². The first-order valence-corrected chi connectivity index (χ1v) is 11.8. The fourth-order valence-corrected chi connectivity index (χ4v) is 5.02. The summed E-state index contributed by atoms with van der Waals surface area (Å²) >= 11 is 0. The fourth-order valence-electron chi connectivity index (χ4n) is 5.02. The van der Waals surface area contributed by atoms with Crippen LogP contribution in [0.2, 0.25) is 0 Å². The smallest absolute Gasteiger partial charge is 0.227 e. The minimum absolute atomic E-state index is 0.00870. The maximum absolute atomic E-state index is 13.8. The molecule has 2 heterocycles. The van der Waals surface area contributed by atoms with E-state index in [1.807, 2.05) is 23.1 Å². The number of piperazine rings is 1. The molecule has 4 rings (SSSR count). The first-order chi connectivity index (χ1) is 15.9. The van der Waals surface area contributed by atoms with Gasteiger partial charge in [-0.2, -0.15) is 0 Å². The van der Waals surface area contributed by atoms with Crippen molar-refractivity contribution in [2.45, 2.75) is 50.9 Å². The Morgan fingerprint density at radius 3 is 2.85 bits per heavy atom. The van der Waals surface area contributed by atoms with E-state index in [2.05, 4.69) is 23.2 Å². The highest BCUT2D eigenvalue weighted by Crippen LogP contribution is 2.32. The number of carbonyl (C=O) groups excluding carboxylic acids is 1. The van der Waals surface area contributed by atoms with Gasteiger partial charge in [-0.3, -0.25) is 9.69 Å². The molecule has 2 fully saturated rings. The summed E-state index contributed by atoms with van der Waals surface area (Å²) < 4.78 is 19.5. The monoisotopic (exact) mass is 454 g/mol. The van der Waals surface area contributed by atoms with Gasteiger partial charge in [-0.1, -0.05) is 24.3 Å². The van der Waals surface area contributed by atoms with Crippen molar-refractivity contribution in [1.82, 2.24) is 15.1 Å². The summed E-state index contributed by atoms with van der Waals surface area (Å²) in [7, 11) is 1.68. The van der Waals surface area contributed by atoms with Gasteiger partial charge in [-0.05, 0) is 49.1 Å². The molecule has 0 bridgehead atoms. The molecule has 6 nitrogen and oxygen atoms in total. The number of amides is 1. The van der Waals surface area contributed by atoms with Gasteiger partial charge in [-0.25, -0.2) is 4.39 Å². The summed E-state index contributed by atoms with van der Waals surface area (Å²) in [6.07, 6.45) is 1.67. The molecule has 2 saturated heterocycles.